The molecule has 8 heteroatoms. The first-order chi connectivity index (χ1) is 8.95. The molecule has 2 aromatic rings. The van der Waals surface area contributed by atoms with Crippen LogP contribution in [0.1, 0.15) is 12.5 Å². The maximum absolute atomic E-state index is 11.4. The van der Waals surface area contributed by atoms with Gasteiger partial charge < -0.3 is 10.1 Å². The third kappa shape index (κ3) is 2.25. The van der Waals surface area contributed by atoms with Crippen LogP contribution in [-0.2, 0) is 6.42 Å². The van der Waals surface area contributed by atoms with E-state index in [0.29, 0.717) is 27.4 Å². The van der Waals surface area contributed by atoms with Gasteiger partial charge in [-0.25, -0.2) is 15.4 Å². The molecular weight excluding hydrogens is 272 g/mol. The van der Waals surface area contributed by atoms with E-state index in [4.69, 9.17) is 22.6 Å². The Morgan fingerprint density at radius 2 is 2.26 bits per heavy atom. The van der Waals surface area contributed by atoms with Gasteiger partial charge in [0.2, 0.25) is 0 Å². The van der Waals surface area contributed by atoms with Crippen LogP contribution in [0.5, 0.6) is 0 Å². The third-order valence-electron chi connectivity index (χ3n) is 2.71. The average Bonchev–Trinajstić information content (AvgIpc) is 2.37. The number of nitrogens with two attached hydrogens (primary N) is 1. The molecule has 7 nitrogen and oxygen atoms in total. The lowest BCUT2D eigenvalue weighted by Gasteiger charge is -2.15. The number of hydrogen-bond donors (Lipinski definition) is 3. The molecule has 0 aliphatic carbocycles. The molecule has 1 amide bonds. The number of amides is 1. The van der Waals surface area contributed by atoms with E-state index in [1.807, 2.05) is 6.92 Å². The fourth-order valence-electron chi connectivity index (χ4n) is 1.78. The number of aromatic amines is 1. The summed E-state index contributed by atoms with van der Waals surface area (Å²) in [6.45, 7) is 1.91. The van der Waals surface area contributed by atoms with E-state index in [2.05, 4.69) is 9.97 Å². The molecule has 0 unspecified atom stereocenters. The first kappa shape index (κ1) is 13.3. The predicted octanol–water partition coefficient (Wildman–Crippen LogP) is 1.50. The van der Waals surface area contributed by atoms with Gasteiger partial charge in [-0.3, -0.25) is 0 Å². The fourth-order valence-corrected chi connectivity index (χ4v) is 2.16. The number of halogens is 1. The number of aromatic nitrogens is 2. The maximum atomic E-state index is 11.4. The van der Waals surface area contributed by atoms with Crippen LogP contribution < -0.4 is 16.5 Å². The van der Waals surface area contributed by atoms with Crippen LogP contribution >= 0.6 is 11.6 Å². The van der Waals surface area contributed by atoms with Gasteiger partial charge >= 0.3 is 11.8 Å². The molecule has 1 aromatic heterocycles. The molecule has 1 aromatic carbocycles. The van der Waals surface area contributed by atoms with Crippen LogP contribution in [0.4, 0.5) is 10.6 Å². The highest BCUT2D eigenvalue weighted by atomic mass is 35.5. The van der Waals surface area contributed by atoms with Gasteiger partial charge in [-0.15, -0.1) is 0 Å². The van der Waals surface area contributed by atoms with Gasteiger partial charge in [0.05, 0.1) is 15.9 Å². The van der Waals surface area contributed by atoms with E-state index < -0.39 is 11.8 Å². The number of anilines is 1. The minimum atomic E-state index is -1.43. The standard InChI is InChI=1S/C11H11ClN4O3/c1-2-5-3-4-6-7(8(5)12)9(15-10(17)14-6)16(13)11(18)19/h3-4H,2,13H2,1H3,(H,18,19)(H,14,15,17). The lowest BCUT2D eigenvalue weighted by Crippen LogP contribution is -2.38. The summed E-state index contributed by atoms with van der Waals surface area (Å²) in [7, 11) is 0. The minimum Gasteiger partial charge on any atom is -0.464 e. The number of benzene rings is 1. The highest BCUT2D eigenvalue weighted by molar-refractivity contribution is 6.37. The van der Waals surface area contributed by atoms with Crippen LogP contribution in [0, 0.1) is 0 Å². The number of rotatable bonds is 2. The molecule has 0 fully saturated rings. The van der Waals surface area contributed by atoms with Gasteiger partial charge in [-0.05, 0) is 18.1 Å². The first-order valence-electron chi connectivity index (χ1n) is 5.44. The quantitative estimate of drug-likeness (QED) is 0.439. The van der Waals surface area contributed by atoms with Crippen molar-refractivity contribution in [3.05, 3.63) is 33.2 Å². The van der Waals surface area contributed by atoms with Gasteiger partial charge in [0.25, 0.3) is 0 Å². The van der Waals surface area contributed by atoms with Crippen molar-refractivity contribution in [2.75, 3.05) is 5.01 Å². The molecule has 0 aliphatic heterocycles. The van der Waals surface area contributed by atoms with Crippen molar-refractivity contribution in [3.63, 3.8) is 0 Å². The molecule has 0 saturated heterocycles. The van der Waals surface area contributed by atoms with Crippen LogP contribution in [0.15, 0.2) is 16.9 Å². The molecular formula is C11H11ClN4O3. The Hall–Kier alpha value is -2.12. The van der Waals surface area contributed by atoms with E-state index in [1.165, 1.54) is 0 Å². The number of nitrogens with zero attached hydrogens (tertiary/aromatic N) is 2. The van der Waals surface area contributed by atoms with Gasteiger partial charge in [0, 0.05) is 0 Å². The summed E-state index contributed by atoms with van der Waals surface area (Å²) in [4.78, 5) is 28.4. The van der Waals surface area contributed by atoms with E-state index in [0.717, 1.165) is 5.56 Å². The lowest BCUT2D eigenvalue weighted by molar-refractivity contribution is 0.202. The summed E-state index contributed by atoms with van der Waals surface area (Å²) in [5.74, 6) is 5.20. The second-order valence-electron chi connectivity index (χ2n) is 3.83. The molecule has 0 spiro atoms. The fraction of sp³-hybridized carbons (Fsp3) is 0.182. The summed E-state index contributed by atoms with van der Waals surface area (Å²) in [5.41, 5.74) is 0.497. The Balaban J connectivity index is 2.88. The largest absolute Gasteiger partial charge is 0.464 e. The molecule has 4 N–H and O–H groups in total. The van der Waals surface area contributed by atoms with Gasteiger partial charge in [-0.2, -0.15) is 9.99 Å². The number of carboxylic acid groups (broad SMARTS) is 1. The van der Waals surface area contributed by atoms with E-state index in [-0.39, 0.29) is 5.82 Å². The molecule has 0 atom stereocenters. The lowest BCUT2D eigenvalue weighted by atomic mass is 10.1. The Morgan fingerprint density at radius 3 is 2.84 bits per heavy atom. The highest BCUT2D eigenvalue weighted by Crippen LogP contribution is 2.31. The third-order valence-corrected chi connectivity index (χ3v) is 3.14. The second kappa shape index (κ2) is 4.87. The molecule has 0 bridgehead atoms. The van der Waals surface area contributed by atoms with Crippen molar-refractivity contribution in [2.45, 2.75) is 13.3 Å². The summed E-state index contributed by atoms with van der Waals surface area (Å²) >= 11 is 6.21. The zero-order chi connectivity index (χ0) is 14.2. The smallest absolute Gasteiger partial charge is 0.427 e. The number of aryl methyl sites for hydroxylation is 1. The van der Waals surface area contributed by atoms with Crippen LogP contribution in [0.2, 0.25) is 5.02 Å². The predicted molar refractivity (Wildman–Crippen MR) is 71.4 cm³/mol. The molecule has 100 valence electrons. The molecule has 1 heterocycles. The Kier molecular flexibility index (Phi) is 3.41. The van der Waals surface area contributed by atoms with Crippen LogP contribution in [0.25, 0.3) is 10.9 Å². The number of hydrazine groups is 1. The van der Waals surface area contributed by atoms with Gasteiger partial charge in [-0.1, -0.05) is 24.6 Å². The molecule has 0 radical (unpaired) electrons. The summed E-state index contributed by atoms with van der Waals surface area (Å²) in [5, 5.41) is 9.93. The van der Waals surface area contributed by atoms with Crippen molar-refractivity contribution < 1.29 is 9.90 Å². The van der Waals surface area contributed by atoms with Crippen molar-refractivity contribution in [1.82, 2.24) is 9.97 Å². The Morgan fingerprint density at radius 1 is 1.58 bits per heavy atom. The minimum absolute atomic E-state index is 0.188. The number of fused-ring (bicyclic) bond motifs is 1. The van der Waals surface area contributed by atoms with Crippen LogP contribution in [0.3, 0.4) is 0 Å². The Labute approximate surface area is 112 Å². The van der Waals surface area contributed by atoms with Crippen LogP contribution in [-0.4, -0.2) is 21.2 Å². The molecule has 2 rings (SSSR count). The van der Waals surface area contributed by atoms with Crippen molar-refractivity contribution in [2.24, 2.45) is 5.84 Å². The number of H-pyrrole nitrogens is 1. The molecule has 0 aliphatic rings. The average molecular weight is 283 g/mol. The molecule has 19 heavy (non-hydrogen) atoms. The maximum Gasteiger partial charge on any atom is 0.427 e. The van der Waals surface area contributed by atoms with Crippen molar-refractivity contribution >= 4 is 34.4 Å². The summed E-state index contributed by atoms with van der Waals surface area (Å²) < 4.78 is 0. The first-order valence-corrected chi connectivity index (χ1v) is 5.82. The number of carbonyl (C=O) groups is 1. The zero-order valence-electron chi connectivity index (χ0n) is 9.98. The molecule has 0 saturated carbocycles. The number of nitrogens with one attached hydrogen (secondary N) is 1. The normalized spacial score (nSPS) is 10.7. The summed E-state index contributed by atoms with van der Waals surface area (Å²) in [6, 6.07) is 3.40. The Bertz CT molecular complexity index is 713. The van der Waals surface area contributed by atoms with E-state index in [1.54, 1.807) is 12.1 Å². The zero-order valence-corrected chi connectivity index (χ0v) is 10.7. The van der Waals surface area contributed by atoms with Crippen molar-refractivity contribution in [3.8, 4) is 0 Å². The topological polar surface area (TPSA) is 112 Å². The van der Waals surface area contributed by atoms with Gasteiger partial charge in [0.15, 0.2) is 5.82 Å². The SMILES string of the molecule is CCc1ccc2[nH]c(=O)nc(N(N)C(=O)O)c2c1Cl. The van der Waals surface area contributed by atoms with E-state index >= 15 is 0 Å². The highest BCUT2D eigenvalue weighted by Gasteiger charge is 2.19. The van der Waals surface area contributed by atoms with Crippen molar-refractivity contribution in [1.29, 1.82) is 0 Å². The summed E-state index contributed by atoms with van der Waals surface area (Å²) in [6.07, 6.45) is -0.775. The van der Waals surface area contributed by atoms with Gasteiger partial charge in [0.1, 0.15) is 0 Å². The second-order valence-corrected chi connectivity index (χ2v) is 4.21. The van der Waals surface area contributed by atoms with E-state index in [9.17, 15) is 9.59 Å². The monoisotopic (exact) mass is 282 g/mol. The number of hydrogen-bond acceptors (Lipinski definition) is 4.